The van der Waals surface area contributed by atoms with Crippen molar-refractivity contribution in [2.24, 2.45) is 17.8 Å². The van der Waals surface area contributed by atoms with Gasteiger partial charge in [-0.2, -0.15) is 0 Å². The number of hydrogen-bond acceptors (Lipinski definition) is 2. The molecule has 1 saturated heterocycles. The fourth-order valence-corrected chi connectivity index (χ4v) is 3.33. The summed E-state index contributed by atoms with van der Waals surface area (Å²) in [5.74, 6) is -3.72. The molecule has 0 aromatic carbocycles. The molecule has 1 aliphatic heterocycles. The summed E-state index contributed by atoms with van der Waals surface area (Å²) >= 11 is 0. The Bertz CT molecular complexity index is 401. The third-order valence-electron chi connectivity index (χ3n) is 4.64. The minimum Gasteiger partial charge on any atom is -0.347 e. The van der Waals surface area contributed by atoms with Gasteiger partial charge in [0.05, 0.1) is 6.54 Å². The molecule has 0 spiro atoms. The van der Waals surface area contributed by atoms with Gasteiger partial charge in [-0.05, 0) is 24.7 Å². The van der Waals surface area contributed by atoms with Crippen molar-refractivity contribution in [3.8, 4) is 0 Å². The Morgan fingerprint density at radius 3 is 2.32 bits per heavy atom. The van der Waals surface area contributed by atoms with Crippen LogP contribution in [0.3, 0.4) is 0 Å². The van der Waals surface area contributed by atoms with Crippen molar-refractivity contribution in [3.63, 3.8) is 0 Å². The Morgan fingerprint density at radius 1 is 1.21 bits per heavy atom. The predicted octanol–water partition coefficient (Wildman–Crippen LogP) is 1.02. The number of rotatable bonds is 3. The molecule has 4 nitrogen and oxygen atoms in total. The van der Waals surface area contributed by atoms with Gasteiger partial charge in [-0.3, -0.25) is 9.59 Å². The van der Waals surface area contributed by atoms with Crippen molar-refractivity contribution in [2.75, 3.05) is 19.6 Å². The Balaban J connectivity index is 1.44. The van der Waals surface area contributed by atoms with Gasteiger partial charge >= 0.3 is 0 Å². The quantitative estimate of drug-likeness (QED) is 0.834. The monoisotopic (exact) mass is 272 g/mol. The zero-order valence-corrected chi connectivity index (χ0v) is 10.7. The number of likely N-dealkylation sites (tertiary alicyclic amines) is 1. The van der Waals surface area contributed by atoms with Crippen LogP contribution in [0.1, 0.15) is 25.7 Å². The fourth-order valence-electron chi connectivity index (χ4n) is 3.33. The standard InChI is InChI=1S/C13H18F2N2O2/c14-13(15)4-10(13)12(19)16-5-11(18)17-6-8-2-1-3-9(8)7-17/h8-10H,1-7H2,(H,16,19)/t8-,9+,10-/m0/s1. The Hall–Kier alpha value is -1.20. The second kappa shape index (κ2) is 4.42. The maximum Gasteiger partial charge on any atom is 0.260 e. The summed E-state index contributed by atoms with van der Waals surface area (Å²) in [6.45, 7) is 1.38. The van der Waals surface area contributed by atoms with Gasteiger partial charge in [0.15, 0.2) is 0 Å². The number of nitrogens with zero attached hydrogens (tertiary/aromatic N) is 1. The first-order chi connectivity index (χ1) is 8.97. The molecule has 0 unspecified atom stereocenters. The maximum absolute atomic E-state index is 12.7. The van der Waals surface area contributed by atoms with Crippen molar-refractivity contribution < 1.29 is 18.4 Å². The number of fused-ring (bicyclic) bond motifs is 1. The van der Waals surface area contributed by atoms with E-state index in [0.29, 0.717) is 11.8 Å². The van der Waals surface area contributed by atoms with E-state index in [9.17, 15) is 18.4 Å². The highest BCUT2D eigenvalue weighted by molar-refractivity contribution is 5.88. The molecule has 1 heterocycles. The number of carbonyl (C=O) groups excluding carboxylic acids is 2. The smallest absolute Gasteiger partial charge is 0.260 e. The molecule has 1 N–H and O–H groups in total. The number of hydrogen-bond donors (Lipinski definition) is 1. The molecule has 0 radical (unpaired) electrons. The van der Waals surface area contributed by atoms with Gasteiger partial charge in [-0.1, -0.05) is 6.42 Å². The van der Waals surface area contributed by atoms with Crippen molar-refractivity contribution in [3.05, 3.63) is 0 Å². The van der Waals surface area contributed by atoms with Gasteiger partial charge in [0.1, 0.15) is 5.92 Å². The van der Waals surface area contributed by atoms with Gasteiger partial charge in [0.25, 0.3) is 5.92 Å². The lowest BCUT2D eigenvalue weighted by Gasteiger charge is -2.17. The van der Waals surface area contributed by atoms with Crippen molar-refractivity contribution >= 4 is 11.8 Å². The van der Waals surface area contributed by atoms with Crippen molar-refractivity contribution in [1.82, 2.24) is 10.2 Å². The summed E-state index contributed by atoms with van der Waals surface area (Å²) in [4.78, 5) is 25.0. The lowest BCUT2D eigenvalue weighted by molar-refractivity contribution is -0.133. The molecule has 2 amide bonds. The van der Waals surface area contributed by atoms with E-state index in [4.69, 9.17) is 0 Å². The van der Waals surface area contributed by atoms with E-state index >= 15 is 0 Å². The van der Waals surface area contributed by atoms with Crippen LogP contribution in [0.15, 0.2) is 0 Å². The van der Waals surface area contributed by atoms with Gasteiger partial charge in [0, 0.05) is 19.5 Å². The normalized spacial score (nSPS) is 35.1. The predicted molar refractivity (Wildman–Crippen MR) is 63.5 cm³/mol. The van der Waals surface area contributed by atoms with Crippen LogP contribution >= 0.6 is 0 Å². The SMILES string of the molecule is O=C(NCC(=O)N1C[C@H]2CCC[C@H]2C1)[C@@H]1CC1(F)F. The molecule has 2 aliphatic carbocycles. The van der Waals surface area contributed by atoms with Crippen LogP contribution in [0.25, 0.3) is 0 Å². The molecule has 0 aromatic heterocycles. The molecule has 3 fully saturated rings. The minimum absolute atomic E-state index is 0.147. The van der Waals surface area contributed by atoms with Crippen LogP contribution < -0.4 is 5.32 Å². The molecule has 19 heavy (non-hydrogen) atoms. The van der Waals surface area contributed by atoms with E-state index in [1.54, 1.807) is 4.90 Å². The fraction of sp³-hybridized carbons (Fsp3) is 0.846. The summed E-state index contributed by atoms with van der Waals surface area (Å²) in [5.41, 5.74) is 0. The first-order valence-electron chi connectivity index (χ1n) is 6.90. The first kappa shape index (κ1) is 12.8. The van der Waals surface area contributed by atoms with Crippen LogP contribution in [-0.4, -0.2) is 42.3 Å². The number of halogens is 2. The zero-order valence-electron chi connectivity index (χ0n) is 10.7. The Morgan fingerprint density at radius 2 is 1.79 bits per heavy atom. The van der Waals surface area contributed by atoms with E-state index in [1.165, 1.54) is 19.3 Å². The van der Waals surface area contributed by atoms with Crippen molar-refractivity contribution in [2.45, 2.75) is 31.6 Å². The highest BCUT2D eigenvalue weighted by atomic mass is 19.3. The van der Waals surface area contributed by atoms with E-state index in [1.807, 2.05) is 0 Å². The lowest BCUT2D eigenvalue weighted by atomic mass is 10.0. The summed E-state index contributed by atoms with van der Waals surface area (Å²) in [5, 5.41) is 2.33. The van der Waals surface area contributed by atoms with E-state index in [-0.39, 0.29) is 18.9 Å². The first-order valence-corrected chi connectivity index (χ1v) is 6.90. The van der Waals surface area contributed by atoms with Crippen LogP contribution in [0.2, 0.25) is 0 Å². The molecule has 0 bridgehead atoms. The molecule has 2 saturated carbocycles. The van der Waals surface area contributed by atoms with E-state index in [0.717, 1.165) is 13.1 Å². The summed E-state index contributed by atoms with van der Waals surface area (Å²) in [7, 11) is 0. The van der Waals surface area contributed by atoms with Gasteiger partial charge in [-0.25, -0.2) is 8.78 Å². The average molecular weight is 272 g/mol. The Labute approximate surface area is 110 Å². The maximum atomic E-state index is 12.7. The summed E-state index contributed by atoms with van der Waals surface area (Å²) in [6, 6.07) is 0. The molecule has 106 valence electrons. The second-order valence-electron chi connectivity index (χ2n) is 5.99. The third kappa shape index (κ3) is 2.44. The molecular formula is C13H18F2N2O2. The van der Waals surface area contributed by atoms with Gasteiger partial charge in [-0.15, -0.1) is 0 Å². The van der Waals surface area contributed by atoms with Crippen LogP contribution in [0, 0.1) is 17.8 Å². The highest BCUT2D eigenvalue weighted by Crippen LogP contribution is 2.48. The Kier molecular flexibility index (Phi) is 2.98. The minimum atomic E-state index is -2.86. The second-order valence-corrected chi connectivity index (χ2v) is 5.99. The number of nitrogens with one attached hydrogen (secondary N) is 1. The largest absolute Gasteiger partial charge is 0.347 e. The molecule has 3 rings (SSSR count). The third-order valence-corrected chi connectivity index (χ3v) is 4.64. The summed E-state index contributed by atoms with van der Waals surface area (Å²) < 4.78 is 25.3. The number of amides is 2. The van der Waals surface area contributed by atoms with Gasteiger partial charge < -0.3 is 10.2 Å². The summed E-state index contributed by atoms with van der Waals surface area (Å²) in [6.07, 6.45) is 3.20. The highest BCUT2D eigenvalue weighted by Gasteiger charge is 2.61. The topological polar surface area (TPSA) is 49.4 Å². The molecule has 3 atom stereocenters. The molecule has 6 heteroatoms. The number of carbonyl (C=O) groups is 2. The average Bonchev–Trinajstić information content (AvgIpc) is 2.73. The zero-order chi connectivity index (χ0) is 13.6. The van der Waals surface area contributed by atoms with E-state index in [2.05, 4.69) is 5.32 Å². The van der Waals surface area contributed by atoms with Crippen LogP contribution in [0.4, 0.5) is 8.78 Å². The van der Waals surface area contributed by atoms with E-state index < -0.39 is 17.7 Å². The van der Waals surface area contributed by atoms with Crippen LogP contribution in [-0.2, 0) is 9.59 Å². The van der Waals surface area contributed by atoms with Gasteiger partial charge in [0.2, 0.25) is 11.8 Å². The molecule has 3 aliphatic rings. The molecule has 0 aromatic rings. The lowest BCUT2D eigenvalue weighted by Crippen LogP contribution is -2.40. The van der Waals surface area contributed by atoms with Crippen LogP contribution in [0.5, 0.6) is 0 Å². The van der Waals surface area contributed by atoms with Crippen molar-refractivity contribution in [1.29, 1.82) is 0 Å². The molecular weight excluding hydrogens is 254 g/mol. The number of alkyl halides is 2.